The van der Waals surface area contributed by atoms with Crippen molar-refractivity contribution in [3.8, 4) is 0 Å². The monoisotopic (exact) mass is 191 g/mol. The lowest BCUT2D eigenvalue weighted by Gasteiger charge is -2.06. The third-order valence-electron chi connectivity index (χ3n) is 2.03. The maximum atomic E-state index is 7.30. The molecule has 0 fully saturated rings. The molecule has 0 bridgehead atoms. The summed E-state index contributed by atoms with van der Waals surface area (Å²) in [7, 11) is 0. The average Bonchev–Trinajstić information content (AvgIpc) is 2.19. The molecule has 1 aromatic carbocycles. The maximum Gasteiger partial charge on any atom is 0.122 e. The second-order valence-corrected chi connectivity index (χ2v) is 3.27. The van der Waals surface area contributed by atoms with Crippen LogP contribution in [0, 0.1) is 5.41 Å². The molecule has 0 unspecified atom stereocenters. The minimum Gasteiger partial charge on any atom is -0.385 e. The van der Waals surface area contributed by atoms with Crippen LogP contribution in [0.5, 0.6) is 0 Å². The molecule has 1 aromatic rings. The number of benzene rings is 1. The van der Waals surface area contributed by atoms with Crippen molar-refractivity contribution in [2.75, 3.05) is 11.9 Å². The first kappa shape index (κ1) is 10.6. The standard InChI is InChI=1S/C11H17N3/c1-2-3-7-14-10-6-4-5-9(8-10)11(12)13/h4-6,8,14H,2-3,7H2,1H3,(H3,12,13). The molecule has 0 saturated heterocycles. The van der Waals surface area contributed by atoms with Crippen molar-refractivity contribution in [2.24, 2.45) is 5.73 Å². The lowest BCUT2D eigenvalue weighted by molar-refractivity contribution is 0.834. The summed E-state index contributed by atoms with van der Waals surface area (Å²) in [5.74, 6) is 0.115. The van der Waals surface area contributed by atoms with Crippen LogP contribution >= 0.6 is 0 Å². The van der Waals surface area contributed by atoms with Gasteiger partial charge in [0.05, 0.1) is 0 Å². The molecule has 3 nitrogen and oxygen atoms in total. The number of anilines is 1. The van der Waals surface area contributed by atoms with E-state index in [1.807, 2.05) is 24.3 Å². The molecule has 0 amide bonds. The number of nitrogens with one attached hydrogen (secondary N) is 2. The van der Waals surface area contributed by atoms with Crippen molar-refractivity contribution < 1.29 is 0 Å². The predicted molar refractivity (Wildman–Crippen MR) is 60.9 cm³/mol. The molecule has 0 radical (unpaired) electrons. The number of nitrogen functional groups attached to an aromatic ring is 1. The van der Waals surface area contributed by atoms with Crippen LogP contribution in [0.15, 0.2) is 24.3 Å². The zero-order chi connectivity index (χ0) is 10.4. The molecular weight excluding hydrogens is 174 g/mol. The van der Waals surface area contributed by atoms with E-state index in [-0.39, 0.29) is 5.84 Å². The molecule has 4 N–H and O–H groups in total. The van der Waals surface area contributed by atoms with E-state index in [2.05, 4.69) is 12.2 Å². The van der Waals surface area contributed by atoms with Gasteiger partial charge >= 0.3 is 0 Å². The van der Waals surface area contributed by atoms with Gasteiger partial charge in [0.25, 0.3) is 0 Å². The van der Waals surface area contributed by atoms with Gasteiger partial charge in [-0.3, -0.25) is 5.41 Å². The highest BCUT2D eigenvalue weighted by molar-refractivity contribution is 5.95. The summed E-state index contributed by atoms with van der Waals surface area (Å²) in [5, 5.41) is 10.6. The molecule has 0 spiro atoms. The SMILES string of the molecule is CCCCNc1cccc(C(=N)N)c1. The number of unbranched alkanes of at least 4 members (excludes halogenated alkanes) is 1. The van der Waals surface area contributed by atoms with Gasteiger partial charge in [0.2, 0.25) is 0 Å². The fourth-order valence-corrected chi connectivity index (χ4v) is 1.21. The summed E-state index contributed by atoms with van der Waals surface area (Å²) >= 11 is 0. The molecule has 0 aliphatic carbocycles. The Morgan fingerprint density at radius 2 is 2.29 bits per heavy atom. The first-order valence-corrected chi connectivity index (χ1v) is 4.92. The highest BCUT2D eigenvalue weighted by atomic mass is 14.9. The quantitative estimate of drug-likeness (QED) is 0.379. The van der Waals surface area contributed by atoms with E-state index in [1.54, 1.807) is 0 Å². The molecule has 0 atom stereocenters. The summed E-state index contributed by atoms with van der Waals surface area (Å²) in [6.07, 6.45) is 2.34. The molecule has 0 heterocycles. The molecule has 76 valence electrons. The highest BCUT2D eigenvalue weighted by Gasteiger charge is 1.97. The van der Waals surface area contributed by atoms with Crippen molar-refractivity contribution in [3.05, 3.63) is 29.8 Å². The van der Waals surface area contributed by atoms with Crippen LogP contribution in [0.1, 0.15) is 25.3 Å². The molecule has 0 aliphatic rings. The van der Waals surface area contributed by atoms with Gasteiger partial charge in [-0.05, 0) is 18.6 Å². The average molecular weight is 191 g/mol. The lowest BCUT2D eigenvalue weighted by atomic mass is 10.2. The van der Waals surface area contributed by atoms with Crippen LogP contribution in [0.3, 0.4) is 0 Å². The van der Waals surface area contributed by atoms with Crippen molar-refractivity contribution in [1.82, 2.24) is 0 Å². The van der Waals surface area contributed by atoms with Gasteiger partial charge in [-0.25, -0.2) is 0 Å². The molecule has 0 saturated carbocycles. The van der Waals surface area contributed by atoms with Crippen LogP contribution in [-0.2, 0) is 0 Å². The van der Waals surface area contributed by atoms with Gasteiger partial charge in [-0.1, -0.05) is 25.5 Å². The molecule has 1 rings (SSSR count). The second-order valence-electron chi connectivity index (χ2n) is 3.27. The van der Waals surface area contributed by atoms with Crippen molar-refractivity contribution in [3.63, 3.8) is 0 Å². The molecule has 0 aromatic heterocycles. The fraction of sp³-hybridized carbons (Fsp3) is 0.364. The second kappa shape index (κ2) is 5.27. The Balaban J connectivity index is 2.59. The Labute approximate surface area is 84.8 Å². The van der Waals surface area contributed by atoms with Gasteiger partial charge in [0.1, 0.15) is 5.84 Å². The predicted octanol–water partition coefficient (Wildman–Crippen LogP) is 2.18. The van der Waals surface area contributed by atoms with E-state index in [1.165, 1.54) is 6.42 Å². The largest absolute Gasteiger partial charge is 0.385 e. The zero-order valence-corrected chi connectivity index (χ0v) is 8.51. The zero-order valence-electron chi connectivity index (χ0n) is 8.51. The molecule has 0 aliphatic heterocycles. The molecule has 14 heavy (non-hydrogen) atoms. The summed E-state index contributed by atoms with van der Waals surface area (Å²) < 4.78 is 0. The van der Waals surface area contributed by atoms with Crippen LogP contribution in [0.2, 0.25) is 0 Å². The third kappa shape index (κ3) is 3.09. The van der Waals surface area contributed by atoms with Gasteiger partial charge in [0.15, 0.2) is 0 Å². The summed E-state index contributed by atoms with van der Waals surface area (Å²) in [6.45, 7) is 3.13. The van der Waals surface area contributed by atoms with E-state index >= 15 is 0 Å². The van der Waals surface area contributed by atoms with E-state index in [0.29, 0.717) is 0 Å². The first-order valence-electron chi connectivity index (χ1n) is 4.92. The first-order chi connectivity index (χ1) is 6.74. The minimum atomic E-state index is 0.115. The topological polar surface area (TPSA) is 61.9 Å². The normalized spacial score (nSPS) is 9.79. The van der Waals surface area contributed by atoms with E-state index in [0.717, 1.165) is 24.2 Å². The van der Waals surface area contributed by atoms with Gasteiger partial charge in [0, 0.05) is 17.8 Å². The van der Waals surface area contributed by atoms with Crippen LogP contribution in [0.4, 0.5) is 5.69 Å². The van der Waals surface area contributed by atoms with Gasteiger partial charge in [-0.15, -0.1) is 0 Å². The Bertz CT molecular complexity index is 307. The Morgan fingerprint density at radius 3 is 2.93 bits per heavy atom. The smallest absolute Gasteiger partial charge is 0.122 e. The Kier molecular flexibility index (Phi) is 3.98. The van der Waals surface area contributed by atoms with E-state index in [9.17, 15) is 0 Å². The van der Waals surface area contributed by atoms with Crippen LogP contribution in [-0.4, -0.2) is 12.4 Å². The number of nitrogens with two attached hydrogens (primary N) is 1. The Morgan fingerprint density at radius 1 is 1.50 bits per heavy atom. The lowest BCUT2D eigenvalue weighted by Crippen LogP contribution is -2.11. The fourth-order valence-electron chi connectivity index (χ4n) is 1.21. The molecular formula is C11H17N3. The summed E-state index contributed by atoms with van der Waals surface area (Å²) in [5.41, 5.74) is 7.20. The number of hydrogen-bond donors (Lipinski definition) is 3. The molecule has 3 heteroatoms. The van der Waals surface area contributed by atoms with Crippen LogP contribution < -0.4 is 11.1 Å². The van der Waals surface area contributed by atoms with Gasteiger partial charge < -0.3 is 11.1 Å². The van der Waals surface area contributed by atoms with Crippen LogP contribution in [0.25, 0.3) is 0 Å². The highest BCUT2D eigenvalue weighted by Crippen LogP contribution is 2.10. The third-order valence-corrected chi connectivity index (χ3v) is 2.03. The summed E-state index contributed by atoms with van der Waals surface area (Å²) in [4.78, 5) is 0. The Hall–Kier alpha value is -1.51. The van der Waals surface area contributed by atoms with Crippen molar-refractivity contribution >= 4 is 11.5 Å². The minimum absolute atomic E-state index is 0.115. The number of amidine groups is 1. The van der Waals surface area contributed by atoms with Crippen molar-refractivity contribution in [2.45, 2.75) is 19.8 Å². The van der Waals surface area contributed by atoms with Gasteiger partial charge in [-0.2, -0.15) is 0 Å². The van der Waals surface area contributed by atoms with Crippen molar-refractivity contribution in [1.29, 1.82) is 5.41 Å². The van der Waals surface area contributed by atoms with E-state index < -0.39 is 0 Å². The maximum absolute atomic E-state index is 7.30. The number of rotatable bonds is 5. The summed E-state index contributed by atoms with van der Waals surface area (Å²) in [6, 6.07) is 7.64. The number of hydrogen-bond acceptors (Lipinski definition) is 2. The van der Waals surface area contributed by atoms with E-state index in [4.69, 9.17) is 11.1 Å².